The van der Waals surface area contributed by atoms with Crippen molar-refractivity contribution in [3.05, 3.63) is 22.4 Å². The van der Waals surface area contributed by atoms with Crippen LogP contribution in [0.15, 0.2) is 5.03 Å². The van der Waals surface area contributed by atoms with Gasteiger partial charge in [0.1, 0.15) is 11.1 Å². The normalized spacial score (nSPS) is 18.1. The minimum absolute atomic E-state index is 0.173. The van der Waals surface area contributed by atoms with Crippen LogP contribution in [0.4, 0.5) is 0 Å². The zero-order valence-electron chi connectivity index (χ0n) is 13.2. The maximum absolute atomic E-state index is 12.5. The van der Waals surface area contributed by atoms with Gasteiger partial charge in [-0.15, -0.1) is 0 Å². The molecule has 0 N–H and O–H groups in total. The van der Waals surface area contributed by atoms with E-state index in [1.165, 1.54) is 17.3 Å². The van der Waals surface area contributed by atoms with E-state index >= 15 is 0 Å². The summed E-state index contributed by atoms with van der Waals surface area (Å²) >= 11 is 1.45. The Hall–Kier alpha value is -1.54. The molecule has 116 valence electrons. The molecule has 1 fully saturated rings. The first-order chi connectivity index (χ1) is 10.6. The third-order valence-electron chi connectivity index (χ3n) is 4.63. The Balaban J connectivity index is 1.84. The van der Waals surface area contributed by atoms with Gasteiger partial charge in [-0.25, -0.2) is 4.98 Å². The second-order valence-electron chi connectivity index (χ2n) is 6.10. The van der Waals surface area contributed by atoms with Crippen molar-refractivity contribution in [2.75, 3.05) is 13.1 Å². The van der Waals surface area contributed by atoms with Crippen LogP contribution >= 0.6 is 11.8 Å². The Morgan fingerprint density at radius 2 is 2.05 bits per heavy atom. The van der Waals surface area contributed by atoms with E-state index in [1.807, 2.05) is 18.7 Å². The van der Waals surface area contributed by atoms with Crippen LogP contribution in [0.1, 0.15) is 48.6 Å². The van der Waals surface area contributed by atoms with Crippen molar-refractivity contribution in [1.82, 2.24) is 9.88 Å². The molecule has 0 radical (unpaired) electrons. The van der Waals surface area contributed by atoms with Gasteiger partial charge in [0, 0.05) is 18.8 Å². The Morgan fingerprint density at radius 1 is 1.32 bits per heavy atom. The van der Waals surface area contributed by atoms with E-state index in [2.05, 4.69) is 6.07 Å². The number of nitriles is 1. The minimum Gasteiger partial charge on any atom is -0.342 e. The van der Waals surface area contributed by atoms with E-state index in [9.17, 15) is 10.1 Å². The molecule has 5 heteroatoms. The molecule has 1 aliphatic carbocycles. The molecule has 1 aliphatic heterocycles. The van der Waals surface area contributed by atoms with Gasteiger partial charge in [-0.3, -0.25) is 4.79 Å². The van der Waals surface area contributed by atoms with Gasteiger partial charge in [-0.2, -0.15) is 5.26 Å². The number of aromatic nitrogens is 1. The Bertz CT molecular complexity index is 644. The summed E-state index contributed by atoms with van der Waals surface area (Å²) in [6.45, 7) is 5.68. The molecule has 1 aromatic rings. The van der Waals surface area contributed by atoms with Crippen molar-refractivity contribution < 1.29 is 4.79 Å². The second kappa shape index (κ2) is 6.29. The number of hydrogen-bond donors (Lipinski definition) is 0. The molecule has 2 aliphatic rings. The number of pyridine rings is 1. The van der Waals surface area contributed by atoms with Crippen molar-refractivity contribution in [3.63, 3.8) is 0 Å². The number of carbonyl (C=O) groups is 1. The van der Waals surface area contributed by atoms with Crippen LogP contribution in [0.5, 0.6) is 0 Å². The summed E-state index contributed by atoms with van der Waals surface area (Å²) in [5.41, 5.74) is 4.10. The lowest BCUT2D eigenvalue weighted by Crippen LogP contribution is -2.34. The number of hydrogen-bond acceptors (Lipinski definition) is 4. The fourth-order valence-corrected chi connectivity index (χ4v) is 4.44. The zero-order valence-corrected chi connectivity index (χ0v) is 14.0. The Kier molecular flexibility index (Phi) is 4.39. The largest absolute Gasteiger partial charge is 0.342 e. The van der Waals surface area contributed by atoms with Gasteiger partial charge in [-0.05, 0) is 57.1 Å². The van der Waals surface area contributed by atoms with Gasteiger partial charge in [0.15, 0.2) is 0 Å². The molecule has 4 nitrogen and oxygen atoms in total. The summed E-state index contributed by atoms with van der Waals surface area (Å²) < 4.78 is 0. The fourth-order valence-electron chi connectivity index (χ4n) is 3.37. The molecule has 1 saturated heterocycles. The number of carbonyl (C=O) groups excluding carboxylic acids is 1. The van der Waals surface area contributed by atoms with Crippen LogP contribution in [-0.2, 0) is 17.6 Å². The lowest BCUT2D eigenvalue weighted by atomic mass is 10.0. The van der Waals surface area contributed by atoms with Gasteiger partial charge in [-0.1, -0.05) is 11.8 Å². The van der Waals surface area contributed by atoms with Crippen LogP contribution < -0.4 is 0 Å². The number of rotatable bonds is 3. The van der Waals surface area contributed by atoms with Gasteiger partial charge in [0.25, 0.3) is 0 Å². The molecule has 2 heterocycles. The number of likely N-dealkylation sites (tertiary alicyclic amines) is 1. The quantitative estimate of drug-likeness (QED) is 0.805. The standard InChI is InChI=1S/C17H21N3OS/c1-11-13-6-5-7-15(13)19-16(14(11)10-18)22-12(2)17(21)20-8-3-4-9-20/h12H,3-9H2,1-2H3/t12-/m1/s1. The average molecular weight is 315 g/mol. The van der Waals surface area contributed by atoms with Crippen molar-refractivity contribution in [2.24, 2.45) is 0 Å². The molecule has 0 bridgehead atoms. The van der Waals surface area contributed by atoms with Crippen LogP contribution in [0.2, 0.25) is 0 Å². The van der Waals surface area contributed by atoms with Crippen LogP contribution in [0.3, 0.4) is 0 Å². The van der Waals surface area contributed by atoms with E-state index in [0.29, 0.717) is 5.56 Å². The second-order valence-corrected chi connectivity index (χ2v) is 7.43. The highest BCUT2D eigenvalue weighted by molar-refractivity contribution is 8.00. The molecule has 0 saturated carbocycles. The summed E-state index contributed by atoms with van der Waals surface area (Å²) in [4.78, 5) is 19.1. The van der Waals surface area contributed by atoms with E-state index in [0.717, 1.165) is 61.5 Å². The monoisotopic (exact) mass is 315 g/mol. The SMILES string of the molecule is Cc1c(C#N)c(S[C@H](C)C(=O)N2CCCC2)nc2c1CCC2. The molecule has 22 heavy (non-hydrogen) atoms. The third kappa shape index (κ3) is 2.72. The van der Waals surface area contributed by atoms with Crippen molar-refractivity contribution in [3.8, 4) is 6.07 Å². The molecular weight excluding hydrogens is 294 g/mol. The third-order valence-corrected chi connectivity index (χ3v) is 5.71. The molecule has 0 aromatic carbocycles. The maximum atomic E-state index is 12.5. The predicted octanol–water partition coefficient (Wildman–Crippen LogP) is 2.85. The van der Waals surface area contributed by atoms with E-state index < -0.39 is 0 Å². The summed E-state index contributed by atoms with van der Waals surface area (Å²) in [7, 11) is 0. The van der Waals surface area contributed by atoms with E-state index in [-0.39, 0.29) is 11.2 Å². The summed E-state index contributed by atoms with van der Waals surface area (Å²) in [6.07, 6.45) is 5.33. The van der Waals surface area contributed by atoms with Crippen molar-refractivity contribution in [1.29, 1.82) is 5.26 Å². The van der Waals surface area contributed by atoms with Gasteiger partial charge in [0.2, 0.25) is 5.91 Å². The van der Waals surface area contributed by atoms with E-state index in [1.54, 1.807) is 0 Å². The lowest BCUT2D eigenvalue weighted by molar-refractivity contribution is -0.129. The average Bonchev–Trinajstić information content (AvgIpc) is 3.18. The highest BCUT2D eigenvalue weighted by Crippen LogP contribution is 2.34. The number of fused-ring (bicyclic) bond motifs is 1. The number of thioether (sulfide) groups is 1. The van der Waals surface area contributed by atoms with Crippen molar-refractivity contribution >= 4 is 17.7 Å². The van der Waals surface area contributed by atoms with E-state index in [4.69, 9.17) is 4.98 Å². The number of aryl methyl sites for hydroxylation is 1. The van der Waals surface area contributed by atoms with Crippen LogP contribution in [-0.4, -0.2) is 34.1 Å². The fraction of sp³-hybridized carbons (Fsp3) is 0.588. The Labute approximate surface area is 135 Å². The van der Waals surface area contributed by atoms with Crippen LogP contribution in [0.25, 0.3) is 0 Å². The highest BCUT2D eigenvalue weighted by atomic mass is 32.2. The summed E-state index contributed by atoms with van der Waals surface area (Å²) in [5.74, 6) is 0.173. The van der Waals surface area contributed by atoms with Crippen molar-refractivity contribution in [2.45, 2.75) is 56.2 Å². The molecule has 3 rings (SSSR count). The molecule has 1 amide bonds. The summed E-state index contributed by atoms with van der Waals surface area (Å²) in [6, 6.07) is 2.30. The van der Waals surface area contributed by atoms with Gasteiger partial charge in [0.05, 0.1) is 10.8 Å². The molecule has 0 unspecified atom stereocenters. The topological polar surface area (TPSA) is 57.0 Å². The molecular formula is C17H21N3OS. The minimum atomic E-state index is -0.184. The highest BCUT2D eigenvalue weighted by Gasteiger charge is 2.27. The van der Waals surface area contributed by atoms with Gasteiger partial charge >= 0.3 is 0 Å². The lowest BCUT2D eigenvalue weighted by Gasteiger charge is -2.20. The summed E-state index contributed by atoms with van der Waals surface area (Å²) in [5, 5.41) is 10.0. The first-order valence-electron chi connectivity index (χ1n) is 7.99. The van der Waals surface area contributed by atoms with Crippen LogP contribution in [0, 0.1) is 18.3 Å². The zero-order chi connectivity index (χ0) is 15.7. The first-order valence-corrected chi connectivity index (χ1v) is 8.87. The van der Waals surface area contributed by atoms with Gasteiger partial charge < -0.3 is 4.90 Å². The smallest absolute Gasteiger partial charge is 0.235 e. The number of nitrogens with zero attached hydrogens (tertiary/aromatic N) is 3. The maximum Gasteiger partial charge on any atom is 0.235 e. The number of amides is 1. The molecule has 1 atom stereocenters. The molecule has 0 spiro atoms. The molecule has 1 aromatic heterocycles. The Morgan fingerprint density at radius 3 is 2.73 bits per heavy atom. The predicted molar refractivity (Wildman–Crippen MR) is 86.8 cm³/mol. The first kappa shape index (κ1) is 15.4.